The van der Waals surface area contributed by atoms with Gasteiger partial charge in [0.1, 0.15) is 5.75 Å². The molecule has 1 aromatic carbocycles. The molecule has 0 fully saturated rings. The topological polar surface area (TPSA) is 55.8 Å². The molecule has 0 aliphatic heterocycles. The molecule has 0 spiro atoms. The maximum absolute atomic E-state index is 12.4. The lowest BCUT2D eigenvalue weighted by Crippen LogP contribution is -2.53. The van der Waals surface area contributed by atoms with Gasteiger partial charge >= 0.3 is 5.97 Å². The Bertz CT molecular complexity index is 502. The Kier molecular flexibility index (Phi) is 4.90. The predicted molar refractivity (Wildman–Crippen MR) is 85.8 cm³/mol. The van der Waals surface area contributed by atoms with E-state index in [1.165, 1.54) is 0 Å². The molecule has 0 heterocycles. The first-order chi connectivity index (χ1) is 9.48. The minimum absolute atomic E-state index is 0.207. The molecule has 1 unspecified atom stereocenters. The summed E-state index contributed by atoms with van der Waals surface area (Å²) < 4.78 is 4.70. The lowest BCUT2D eigenvalue weighted by molar-refractivity contribution is -0.229. The van der Waals surface area contributed by atoms with Crippen molar-refractivity contribution in [2.45, 2.75) is 47.0 Å². The molecule has 0 aliphatic rings. The van der Waals surface area contributed by atoms with Crippen molar-refractivity contribution in [2.24, 2.45) is 10.8 Å². The van der Waals surface area contributed by atoms with Gasteiger partial charge in [-0.15, -0.1) is 0 Å². The molecule has 0 amide bonds. The molecule has 1 N–H and O–H groups in total. The average molecular weight is 310 g/mol. The molecule has 1 aromatic rings. The number of carbonyl (C=O) groups excluding carboxylic acids is 1. The molecule has 0 aliphatic carbocycles. The average Bonchev–Trinajstić information content (AvgIpc) is 2.37. The van der Waals surface area contributed by atoms with Crippen molar-refractivity contribution in [3.63, 3.8) is 0 Å². The fraction of sp³-hybridized carbons (Fsp3) is 0.562. The molecule has 0 saturated carbocycles. The van der Waals surface area contributed by atoms with Crippen molar-refractivity contribution >= 4 is 16.5 Å². The van der Waals surface area contributed by atoms with E-state index in [4.69, 9.17) is 9.46 Å². The minimum Gasteiger partial charge on any atom is -0.508 e. The second-order valence-electron chi connectivity index (χ2n) is 7.08. The standard InChI is InChI=1S/C16H26O4Si/c1-14(2,3)16(6,11-7-9-12(17)10-8-11)15(4,5)13(18)19-20-21/h7-10,17H,1-6,21H3. The van der Waals surface area contributed by atoms with E-state index in [2.05, 4.69) is 20.8 Å². The van der Waals surface area contributed by atoms with Crippen molar-refractivity contribution in [3.05, 3.63) is 29.8 Å². The number of carbonyl (C=O) groups is 1. The summed E-state index contributed by atoms with van der Waals surface area (Å²) in [6.45, 7) is 12.1. The highest BCUT2D eigenvalue weighted by Gasteiger charge is 2.55. The number of phenolic OH excluding ortho intramolecular Hbond substituents is 1. The van der Waals surface area contributed by atoms with Crippen LogP contribution < -0.4 is 0 Å². The van der Waals surface area contributed by atoms with Crippen LogP contribution >= 0.6 is 0 Å². The first-order valence-corrected chi connectivity index (χ1v) is 7.84. The van der Waals surface area contributed by atoms with Crippen molar-refractivity contribution in [1.29, 1.82) is 0 Å². The van der Waals surface area contributed by atoms with Gasteiger partial charge in [-0.25, -0.2) is 4.79 Å². The van der Waals surface area contributed by atoms with E-state index in [1.807, 2.05) is 32.9 Å². The summed E-state index contributed by atoms with van der Waals surface area (Å²) in [6.07, 6.45) is 0. The Labute approximate surface area is 129 Å². The van der Waals surface area contributed by atoms with Crippen LogP contribution in [-0.4, -0.2) is 21.6 Å². The molecule has 0 aromatic heterocycles. The number of aromatic hydroxyl groups is 1. The van der Waals surface area contributed by atoms with E-state index in [0.29, 0.717) is 10.5 Å². The maximum Gasteiger partial charge on any atom is 0.347 e. The summed E-state index contributed by atoms with van der Waals surface area (Å²) in [4.78, 5) is 17.3. The number of benzene rings is 1. The number of hydrogen-bond donors (Lipinski definition) is 1. The van der Waals surface area contributed by atoms with Crippen LogP contribution in [0.15, 0.2) is 24.3 Å². The molecule has 0 bridgehead atoms. The van der Waals surface area contributed by atoms with Crippen LogP contribution in [0.3, 0.4) is 0 Å². The number of phenols is 1. The van der Waals surface area contributed by atoms with Crippen LogP contribution in [-0.2, 0) is 19.7 Å². The Morgan fingerprint density at radius 1 is 1.05 bits per heavy atom. The Morgan fingerprint density at radius 3 is 1.90 bits per heavy atom. The summed E-state index contributed by atoms with van der Waals surface area (Å²) in [7, 11) is 0.339. The lowest BCUT2D eigenvalue weighted by Gasteiger charge is -2.51. The van der Waals surface area contributed by atoms with Crippen LogP contribution in [0.4, 0.5) is 0 Å². The smallest absolute Gasteiger partial charge is 0.347 e. The highest BCUT2D eigenvalue weighted by molar-refractivity contribution is 5.98. The SMILES string of the molecule is CC(C)(C)C(C)(c1ccc(O)cc1)C(C)(C)C(=O)OO[SiH3]. The van der Waals surface area contributed by atoms with E-state index >= 15 is 0 Å². The first-order valence-electron chi connectivity index (χ1n) is 7.03. The van der Waals surface area contributed by atoms with E-state index < -0.39 is 10.8 Å². The summed E-state index contributed by atoms with van der Waals surface area (Å²) in [6, 6.07) is 7.00. The van der Waals surface area contributed by atoms with E-state index in [-0.39, 0.29) is 17.1 Å². The van der Waals surface area contributed by atoms with Gasteiger partial charge in [0.05, 0.1) is 5.41 Å². The van der Waals surface area contributed by atoms with Gasteiger partial charge < -0.3 is 9.99 Å². The first kappa shape index (κ1) is 17.7. The van der Waals surface area contributed by atoms with Crippen LogP contribution in [0.5, 0.6) is 5.75 Å². The molecule has 5 heteroatoms. The van der Waals surface area contributed by atoms with Gasteiger partial charge in [0.2, 0.25) is 10.5 Å². The van der Waals surface area contributed by atoms with Crippen LogP contribution in [0.25, 0.3) is 0 Å². The van der Waals surface area contributed by atoms with E-state index in [1.54, 1.807) is 12.1 Å². The third kappa shape index (κ3) is 2.99. The zero-order chi connectivity index (χ0) is 16.5. The largest absolute Gasteiger partial charge is 0.508 e. The highest BCUT2D eigenvalue weighted by Crippen LogP contribution is 2.53. The molecular formula is C16H26O4Si. The monoisotopic (exact) mass is 310 g/mol. The van der Waals surface area contributed by atoms with Crippen LogP contribution in [0, 0.1) is 10.8 Å². The quantitative estimate of drug-likeness (QED) is 0.527. The third-order valence-corrected chi connectivity index (χ3v) is 5.03. The van der Waals surface area contributed by atoms with Crippen molar-refractivity contribution in [2.75, 3.05) is 0 Å². The fourth-order valence-corrected chi connectivity index (χ4v) is 3.06. The van der Waals surface area contributed by atoms with Gasteiger partial charge in [-0.05, 0) is 37.0 Å². The second kappa shape index (κ2) is 5.81. The highest BCUT2D eigenvalue weighted by atomic mass is 28.2. The van der Waals surface area contributed by atoms with Gasteiger partial charge in [-0.3, -0.25) is 4.58 Å². The van der Waals surface area contributed by atoms with Crippen LogP contribution in [0.1, 0.15) is 47.1 Å². The molecular weight excluding hydrogens is 284 g/mol. The van der Waals surface area contributed by atoms with Crippen molar-refractivity contribution in [3.8, 4) is 5.75 Å². The van der Waals surface area contributed by atoms with Crippen LogP contribution in [0.2, 0.25) is 0 Å². The van der Waals surface area contributed by atoms with Crippen molar-refractivity contribution < 1.29 is 19.4 Å². The normalized spacial score (nSPS) is 15.5. The molecule has 1 atom stereocenters. The van der Waals surface area contributed by atoms with Crippen molar-refractivity contribution in [1.82, 2.24) is 0 Å². The van der Waals surface area contributed by atoms with Gasteiger partial charge in [0, 0.05) is 5.41 Å². The lowest BCUT2D eigenvalue weighted by atomic mass is 9.51. The van der Waals surface area contributed by atoms with E-state index in [9.17, 15) is 9.90 Å². The molecule has 0 radical (unpaired) electrons. The molecule has 4 nitrogen and oxygen atoms in total. The summed E-state index contributed by atoms with van der Waals surface area (Å²) in [5.41, 5.74) is -0.544. The number of rotatable bonds is 4. The Morgan fingerprint density at radius 2 is 1.52 bits per heavy atom. The Balaban J connectivity index is 3.48. The maximum atomic E-state index is 12.4. The fourth-order valence-electron chi connectivity index (χ4n) is 2.91. The molecule has 118 valence electrons. The summed E-state index contributed by atoms with van der Waals surface area (Å²) >= 11 is 0. The van der Waals surface area contributed by atoms with E-state index in [0.717, 1.165) is 5.56 Å². The Hall–Kier alpha value is -1.33. The van der Waals surface area contributed by atoms with Gasteiger partial charge in [0.15, 0.2) is 0 Å². The number of hydrogen-bond acceptors (Lipinski definition) is 4. The molecule has 1 rings (SSSR count). The third-order valence-electron chi connectivity index (χ3n) is 4.86. The zero-order valence-corrected chi connectivity index (χ0v) is 16.0. The molecule has 21 heavy (non-hydrogen) atoms. The predicted octanol–water partition coefficient (Wildman–Crippen LogP) is 2.48. The van der Waals surface area contributed by atoms with Gasteiger partial charge in [0.25, 0.3) is 0 Å². The summed E-state index contributed by atoms with van der Waals surface area (Å²) in [5, 5.41) is 9.51. The zero-order valence-electron chi connectivity index (χ0n) is 14.0. The second-order valence-corrected chi connectivity index (χ2v) is 7.42. The van der Waals surface area contributed by atoms with Gasteiger partial charge in [-0.2, -0.15) is 0 Å². The minimum atomic E-state index is -0.799. The molecule has 0 saturated heterocycles. The van der Waals surface area contributed by atoms with Gasteiger partial charge in [-0.1, -0.05) is 39.8 Å². The summed E-state index contributed by atoms with van der Waals surface area (Å²) in [5.74, 6) is -0.179.